The second-order valence-corrected chi connectivity index (χ2v) is 5.19. The minimum absolute atomic E-state index is 0.00167. The van der Waals surface area contributed by atoms with Crippen molar-refractivity contribution in [2.24, 2.45) is 0 Å². The van der Waals surface area contributed by atoms with E-state index in [0.29, 0.717) is 11.3 Å². The maximum atomic E-state index is 12.2. The third-order valence-electron chi connectivity index (χ3n) is 3.75. The van der Waals surface area contributed by atoms with E-state index in [1.165, 1.54) is 19.4 Å². The van der Waals surface area contributed by atoms with Crippen LogP contribution in [0.3, 0.4) is 0 Å². The number of nitrogens with zero attached hydrogens (tertiary/aromatic N) is 2. The molecule has 2 aromatic rings. The average molecular weight is 333 g/mol. The first-order valence-electron chi connectivity index (χ1n) is 7.31. The molecule has 0 spiro atoms. The normalized spacial score (nSPS) is 19.7. The molecule has 1 aliphatic heterocycles. The van der Waals surface area contributed by atoms with Crippen molar-refractivity contribution < 1.29 is 23.4 Å². The lowest BCUT2D eigenvalue weighted by molar-refractivity contribution is -0.386. The van der Waals surface area contributed by atoms with Crippen molar-refractivity contribution in [3.8, 4) is 0 Å². The van der Waals surface area contributed by atoms with Crippen molar-refractivity contribution in [2.45, 2.75) is 25.8 Å². The van der Waals surface area contributed by atoms with Gasteiger partial charge in [-0.15, -0.1) is 0 Å². The fourth-order valence-electron chi connectivity index (χ4n) is 2.74. The Bertz CT molecular complexity index is 792. The van der Waals surface area contributed by atoms with Crippen LogP contribution in [0.4, 0.5) is 5.69 Å². The molecule has 0 unspecified atom stereocenters. The molecule has 3 rings (SSSR count). The summed E-state index contributed by atoms with van der Waals surface area (Å²) in [6, 6.07) is 2.59. The molecular weight excluding hydrogens is 318 g/mol. The zero-order chi connectivity index (χ0) is 17.3. The molecule has 0 fully saturated rings. The molecule has 0 bridgehead atoms. The average Bonchev–Trinajstić information content (AvgIpc) is 3.25. The van der Waals surface area contributed by atoms with Gasteiger partial charge in [0.05, 0.1) is 23.7 Å². The molecule has 0 aliphatic carbocycles. The van der Waals surface area contributed by atoms with Gasteiger partial charge in [-0.05, 0) is 26.0 Å². The summed E-state index contributed by atoms with van der Waals surface area (Å²) in [6.07, 6.45) is 2.97. The minimum atomic E-state index is -0.767. The highest BCUT2D eigenvalue weighted by atomic mass is 16.6. The van der Waals surface area contributed by atoms with Gasteiger partial charge in [-0.3, -0.25) is 10.1 Å². The quantitative estimate of drug-likeness (QED) is 0.502. The first kappa shape index (κ1) is 15.8. The van der Waals surface area contributed by atoms with Gasteiger partial charge in [0.15, 0.2) is 5.69 Å². The van der Waals surface area contributed by atoms with Gasteiger partial charge in [-0.2, -0.15) is 0 Å². The molecule has 0 radical (unpaired) electrons. The van der Waals surface area contributed by atoms with Crippen molar-refractivity contribution in [1.82, 2.24) is 10.5 Å². The van der Waals surface area contributed by atoms with Gasteiger partial charge >= 0.3 is 11.7 Å². The van der Waals surface area contributed by atoms with E-state index in [-0.39, 0.29) is 23.7 Å². The van der Waals surface area contributed by atoms with Gasteiger partial charge in [-0.25, -0.2) is 4.79 Å². The predicted octanol–water partition coefficient (Wildman–Crippen LogP) is 2.14. The second-order valence-electron chi connectivity index (χ2n) is 5.19. The highest BCUT2D eigenvalue weighted by molar-refractivity contribution is 5.87. The van der Waals surface area contributed by atoms with Crippen LogP contribution in [0.25, 0.3) is 5.57 Å². The number of aryl methyl sites for hydroxylation is 1. The first-order chi connectivity index (χ1) is 11.5. The van der Waals surface area contributed by atoms with E-state index in [9.17, 15) is 14.9 Å². The Morgan fingerprint density at radius 1 is 1.54 bits per heavy atom. The van der Waals surface area contributed by atoms with Crippen LogP contribution in [-0.4, -0.2) is 28.7 Å². The summed E-state index contributed by atoms with van der Waals surface area (Å²) in [6.45, 7) is 3.41. The van der Waals surface area contributed by atoms with Crippen LogP contribution in [0.2, 0.25) is 0 Å². The third kappa shape index (κ3) is 2.53. The third-order valence-corrected chi connectivity index (χ3v) is 3.75. The minimum Gasteiger partial charge on any atom is -0.469 e. The summed E-state index contributed by atoms with van der Waals surface area (Å²) in [5, 5.41) is 17.9. The maximum Gasteiger partial charge on any atom is 0.339 e. The summed E-state index contributed by atoms with van der Waals surface area (Å²) in [4.78, 5) is 23.0. The van der Waals surface area contributed by atoms with E-state index < -0.39 is 22.9 Å². The number of hydrogen-bond acceptors (Lipinski definition) is 8. The van der Waals surface area contributed by atoms with Crippen LogP contribution in [0.1, 0.15) is 30.1 Å². The Labute approximate surface area is 136 Å². The van der Waals surface area contributed by atoms with Crippen molar-refractivity contribution in [2.75, 3.05) is 6.61 Å². The van der Waals surface area contributed by atoms with Crippen molar-refractivity contribution in [3.63, 3.8) is 0 Å². The fourth-order valence-corrected chi connectivity index (χ4v) is 2.74. The Morgan fingerprint density at radius 2 is 2.33 bits per heavy atom. The lowest BCUT2D eigenvalue weighted by Gasteiger charge is -2.18. The molecule has 1 N–H and O–H groups in total. The molecule has 0 aromatic carbocycles. The summed E-state index contributed by atoms with van der Waals surface area (Å²) in [5.74, 6) is -0.639. The smallest absolute Gasteiger partial charge is 0.339 e. The second kappa shape index (κ2) is 6.19. The number of nitro groups is 1. The predicted molar refractivity (Wildman–Crippen MR) is 80.9 cm³/mol. The molecule has 24 heavy (non-hydrogen) atoms. The topological polar surface area (TPSA) is 121 Å². The van der Waals surface area contributed by atoms with Gasteiger partial charge in [-0.1, -0.05) is 5.16 Å². The van der Waals surface area contributed by atoms with Crippen LogP contribution < -0.4 is 5.32 Å². The Kier molecular flexibility index (Phi) is 4.07. The lowest BCUT2D eigenvalue weighted by Crippen LogP contribution is -2.36. The summed E-state index contributed by atoms with van der Waals surface area (Å²) >= 11 is 0. The Balaban J connectivity index is 2.04. The number of furan rings is 1. The number of rotatable bonds is 5. The van der Waals surface area contributed by atoms with Gasteiger partial charge in [0.1, 0.15) is 11.8 Å². The van der Waals surface area contributed by atoms with E-state index in [0.717, 1.165) is 0 Å². The lowest BCUT2D eigenvalue weighted by atomic mass is 9.90. The summed E-state index contributed by atoms with van der Waals surface area (Å²) in [7, 11) is 0. The van der Waals surface area contributed by atoms with Gasteiger partial charge in [0, 0.05) is 11.8 Å². The fraction of sp³-hybridized carbons (Fsp3) is 0.333. The highest BCUT2D eigenvalue weighted by Gasteiger charge is 2.43. The van der Waals surface area contributed by atoms with E-state index in [4.69, 9.17) is 13.7 Å². The van der Waals surface area contributed by atoms with Crippen molar-refractivity contribution in [1.29, 1.82) is 0 Å². The molecule has 2 aromatic heterocycles. The molecule has 3 heterocycles. The van der Waals surface area contributed by atoms with Crippen LogP contribution in [0.15, 0.2) is 33.5 Å². The van der Waals surface area contributed by atoms with Gasteiger partial charge in [0.25, 0.3) is 0 Å². The maximum absolute atomic E-state index is 12.2. The molecule has 0 saturated carbocycles. The summed E-state index contributed by atoms with van der Waals surface area (Å²) < 4.78 is 15.6. The van der Waals surface area contributed by atoms with E-state index >= 15 is 0 Å². The molecule has 0 amide bonds. The van der Waals surface area contributed by atoms with Crippen molar-refractivity contribution >= 4 is 17.2 Å². The Hall–Kier alpha value is -3.10. The van der Waals surface area contributed by atoms with Crippen LogP contribution >= 0.6 is 0 Å². The standard InChI is InChI=1S/C15H15N3O6/c1-3-22-15(19)12-11(10-5-4-6-23-10)9(7-16-12)14-13(18(20)21)8(2)17-24-14/h4-7,11-12,16H,3H2,1-2H3/t11-,12+/m1/s1. The molecule has 126 valence electrons. The molecule has 9 heteroatoms. The van der Waals surface area contributed by atoms with E-state index in [2.05, 4.69) is 10.5 Å². The van der Waals surface area contributed by atoms with E-state index in [1.807, 2.05) is 0 Å². The first-order valence-corrected chi connectivity index (χ1v) is 7.31. The van der Waals surface area contributed by atoms with E-state index in [1.54, 1.807) is 19.1 Å². The number of hydrogen-bond donors (Lipinski definition) is 1. The number of aromatic nitrogens is 1. The van der Waals surface area contributed by atoms with Crippen LogP contribution in [0.5, 0.6) is 0 Å². The van der Waals surface area contributed by atoms with Gasteiger partial charge < -0.3 is 19.0 Å². The number of carbonyl (C=O) groups excluding carboxylic acids is 1. The SMILES string of the molecule is CCOC(=O)[C@H]1NC=C(c2onc(C)c2[N+](=O)[O-])[C@@H]1c1ccco1. The number of ether oxygens (including phenoxy) is 1. The molecule has 9 nitrogen and oxygen atoms in total. The van der Waals surface area contributed by atoms with Crippen LogP contribution in [0, 0.1) is 17.0 Å². The monoisotopic (exact) mass is 333 g/mol. The number of esters is 1. The molecule has 2 atom stereocenters. The largest absolute Gasteiger partial charge is 0.469 e. The zero-order valence-corrected chi connectivity index (χ0v) is 13.0. The van der Waals surface area contributed by atoms with Gasteiger partial charge in [0.2, 0.25) is 5.76 Å². The van der Waals surface area contributed by atoms with Crippen LogP contribution in [-0.2, 0) is 9.53 Å². The highest BCUT2D eigenvalue weighted by Crippen LogP contribution is 2.42. The molecule has 1 aliphatic rings. The van der Waals surface area contributed by atoms with Crippen molar-refractivity contribution in [3.05, 3.63) is 51.9 Å². The molecule has 0 saturated heterocycles. The number of nitrogens with one attached hydrogen (secondary N) is 1. The zero-order valence-electron chi connectivity index (χ0n) is 13.0. The molecular formula is C15H15N3O6. The summed E-state index contributed by atoms with van der Waals surface area (Å²) in [5.41, 5.74) is 0.341. The Morgan fingerprint density at radius 3 is 2.96 bits per heavy atom. The number of carbonyl (C=O) groups is 1.